The van der Waals surface area contributed by atoms with Crippen LogP contribution in [0.2, 0.25) is 0 Å². The van der Waals surface area contributed by atoms with Gasteiger partial charge < -0.3 is 5.73 Å². The van der Waals surface area contributed by atoms with Crippen molar-refractivity contribution >= 4 is 47.8 Å². The number of hydrazone groups is 1. The lowest BCUT2D eigenvalue weighted by Gasteiger charge is -2.15. The van der Waals surface area contributed by atoms with Gasteiger partial charge in [-0.25, -0.2) is 5.43 Å². The van der Waals surface area contributed by atoms with Gasteiger partial charge in [0.25, 0.3) is 5.91 Å². The summed E-state index contributed by atoms with van der Waals surface area (Å²) >= 11 is 0. The molecule has 0 saturated heterocycles. The van der Waals surface area contributed by atoms with Gasteiger partial charge in [-0.05, 0) is 12.0 Å². The summed E-state index contributed by atoms with van der Waals surface area (Å²) in [5, 5.41) is 5.02. The van der Waals surface area contributed by atoms with Crippen molar-refractivity contribution in [3.8, 4) is 0 Å². The lowest BCUT2D eigenvalue weighted by Crippen LogP contribution is -2.42. The van der Waals surface area contributed by atoms with Gasteiger partial charge in [0.05, 0.1) is 17.8 Å². The molecule has 0 fully saturated rings. The molecule has 2 aromatic rings. The molecule has 0 bridgehead atoms. The summed E-state index contributed by atoms with van der Waals surface area (Å²) in [4.78, 5) is 16.2. The zero-order valence-corrected chi connectivity index (χ0v) is 14.7. The summed E-state index contributed by atoms with van der Waals surface area (Å²) in [6.45, 7) is 3.95. The maximum absolute atomic E-state index is 11.8. The highest BCUT2D eigenvalue weighted by atomic mass is 35.5. The van der Waals surface area contributed by atoms with E-state index in [1.165, 1.54) is 0 Å². The molecule has 0 spiro atoms. The van der Waals surface area contributed by atoms with Crippen LogP contribution in [0, 0.1) is 5.92 Å². The topological polar surface area (TPSA) is 80.4 Å². The van der Waals surface area contributed by atoms with Crippen LogP contribution in [0.4, 0.5) is 0 Å². The van der Waals surface area contributed by atoms with Gasteiger partial charge in [-0.1, -0.05) is 44.5 Å². The molecule has 1 aromatic heterocycles. The number of aromatic nitrogens is 1. The van der Waals surface area contributed by atoms with Crippen molar-refractivity contribution < 1.29 is 4.79 Å². The Morgan fingerprint density at radius 3 is 2.74 bits per heavy atom. The number of carbonyl (C=O) groups excluding carboxylic acids is 1. The Balaban J connectivity index is 0.00000242. The zero-order chi connectivity index (χ0) is 15.2. The van der Waals surface area contributed by atoms with E-state index in [-0.39, 0.29) is 36.6 Å². The van der Waals surface area contributed by atoms with Crippen molar-refractivity contribution in [1.82, 2.24) is 10.4 Å². The number of nitrogens with two attached hydrogens (primary N) is 1. The molecule has 0 radical (unpaired) electrons. The molecular formula is C16H22Cl2N4O. The van der Waals surface area contributed by atoms with Crippen molar-refractivity contribution in [3.63, 3.8) is 0 Å². The minimum absolute atomic E-state index is 0. The summed E-state index contributed by atoms with van der Waals surface area (Å²) in [6, 6.07) is 9.14. The fourth-order valence-corrected chi connectivity index (χ4v) is 1.98. The average molecular weight is 357 g/mol. The van der Waals surface area contributed by atoms with Crippen LogP contribution in [0.3, 0.4) is 0 Å². The van der Waals surface area contributed by atoms with Gasteiger partial charge in [0.2, 0.25) is 0 Å². The van der Waals surface area contributed by atoms with Crippen LogP contribution in [0.1, 0.15) is 25.8 Å². The predicted molar refractivity (Wildman–Crippen MR) is 99.4 cm³/mol. The van der Waals surface area contributed by atoms with Crippen molar-refractivity contribution in [2.75, 3.05) is 0 Å². The number of hydrogen-bond acceptors (Lipinski definition) is 4. The molecule has 23 heavy (non-hydrogen) atoms. The predicted octanol–water partition coefficient (Wildman–Crippen LogP) is 2.90. The Morgan fingerprint density at radius 1 is 1.35 bits per heavy atom. The largest absolute Gasteiger partial charge is 0.320 e. The summed E-state index contributed by atoms with van der Waals surface area (Å²) in [7, 11) is 0. The van der Waals surface area contributed by atoms with Crippen LogP contribution in [-0.2, 0) is 4.79 Å². The Bertz CT molecular complexity index is 658. The fourth-order valence-electron chi connectivity index (χ4n) is 1.98. The van der Waals surface area contributed by atoms with E-state index in [0.29, 0.717) is 0 Å². The minimum Gasteiger partial charge on any atom is -0.320 e. The zero-order valence-electron chi connectivity index (χ0n) is 13.1. The molecule has 126 valence electrons. The van der Waals surface area contributed by atoms with Crippen LogP contribution in [0.5, 0.6) is 0 Å². The Labute approximate surface area is 148 Å². The second-order valence-corrected chi connectivity index (χ2v) is 5.07. The molecule has 1 aromatic carbocycles. The van der Waals surface area contributed by atoms with Crippen LogP contribution >= 0.6 is 24.8 Å². The molecule has 3 N–H and O–H groups in total. The highest BCUT2D eigenvalue weighted by Gasteiger charge is 2.18. The molecule has 1 heterocycles. The normalized spacial score (nSPS) is 13.0. The van der Waals surface area contributed by atoms with E-state index in [0.717, 1.165) is 22.9 Å². The molecule has 0 aliphatic rings. The quantitative estimate of drug-likeness (QED) is 0.638. The summed E-state index contributed by atoms with van der Waals surface area (Å²) in [6.07, 6.45) is 4.18. The van der Waals surface area contributed by atoms with Gasteiger partial charge in [-0.2, -0.15) is 5.10 Å². The van der Waals surface area contributed by atoms with Crippen molar-refractivity contribution in [1.29, 1.82) is 0 Å². The maximum atomic E-state index is 11.8. The van der Waals surface area contributed by atoms with Crippen LogP contribution in [0.15, 0.2) is 41.6 Å². The molecule has 7 heteroatoms. The Morgan fingerprint density at radius 2 is 2.04 bits per heavy atom. The standard InChI is InChI=1S/C16H20N4O.2ClH/c1-3-11(2)14(17)16(21)20-19-10-13-7-4-6-12-8-5-9-18-15(12)13;;/h4-11,14H,3,17H2,1-2H3,(H,20,21);2*1H/b19-10+;;/t11?,14-;;/m1../s1. The third kappa shape index (κ3) is 5.46. The van der Waals surface area contributed by atoms with Crippen LogP contribution in [-0.4, -0.2) is 23.1 Å². The van der Waals surface area contributed by atoms with Crippen molar-refractivity contribution in [2.24, 2.45) is 16.8 Å². The van der Waals surface area contributed by atoms with Crippen LogP contribution in [0.25, 0.3) is 10.9 Å². The summed E-state index contributed by atoms with van der Waals surface area (Å²) in [5.41, 5.74) is 10.0. The van der Waals surface area contributed by atoms with Crippen molar-refractivity contribution in [2.45, 2.75) is 26.3 Å². The van der Waals surface area contributed by atoms with E-state index in [4.69, 9.17) is 5.73 Å². The third-order valence-corrected chi connectivity index (χ3v) is 3.60. The molecule has 0 aliphatic carbocycles. The number of pyridine rings is 1. The highest BCUT2D eigenvalue weighted by Crippen LogP contribution is 2.13. The number of hydrogen-bond donors (Lipinski definition) is 2. The molecule has 1 unspecified atom stereocenters. The monoisotopic (exact) mass is 356 g/mol. The second kappa shape index (κ2) is 10.2. The molecule has 1 amide bonds. The van der Waals surface area contributed by atoms with Gasteiger partial charge in [0, 0.05) is 17.1 Å². The smallest absolute Gasteiger partial charge is 0.257 e. The number of halogens is 2. The van der Waals surface area contributed by atoms with Gasteiger partial charge in [0.15, 0.2) is 0 Å². The maximum Gasteiger partial charge on any atom is 0.257 e. The van der Waals surface area contributed by atoms with E-state index < -0.39 is 6.04 Å². The first-order valence-corrected chi connectivity index (χ1v) is 7.05. The number of rotatable bonds is 5. The highest BCUT2D eigenvalue weighted by molar-refractivity contribution is 5.97. The molecule has 0 saturated carbocycles. The summed E-state index contributed by atoms with van der Waals surface area (Å²) in [5.74, 6) is -0.145. The van der Waals surface area contributed by atoms with E-state index in [1.54, 1.807) is 12.4 Å². The number of carbonyl (C=O) groups is 1. The first-order valence-electron chi connectivity index (χ1n) is 7.05. The lowest BCUT2D eigenvalue weighted by atomic mass is 10.00. The molecule has 2 rings (SSSR count). The fraction of sp³-hybridized carbons (Fsp3) is 0.312. The first-order chi connectivity index (χ1) is 10.1. The van der Waals surface area contributed by atoms with Crippen LogP contribution < -0.4 is 11.2 Å². The number of nitrogens with one attached hydrogen (secondary N) is 1. The lowest BCUT2D eigenvalue weighted by molar-refractivity contribution is -0.123. The van der Waals surface area contributed by atoms with E-state index in [9.17, 15) is 4.79 Å². The first kappa shape index (κ1) is 21.3. The average Bonchev–Trinajstić information content (AvgIpc) is 2.53. The van der Waals surface area contributed by atoms with Gasteiger partial charge in [0.1, 0.15) is 0 Å². The molecule has 2 atom stereocenters. The van der Waals surface area contributed by atoms with Gasteiger partial charge >= 0.3 is 0 Å². The Kier molecular flexibility index (Phi) is 9.41. The SMILES string of the molecule is CCC(C)[C@@H](N)C(=O)N/N=C/c1cccc2cccnc12.Cl.Cl. The minimum atomic E-state index is -0.544. The van der Waals surface area contributed by atoms with Gasteiger partial charge in [-0.15, -0.1) is 24.8 Å². The van der Waals surface area contributed by atoms with Crippen molar-refractivity contribution in [3.05, 3.63) is 42.1 Å². The Hall–Kier alpha value is -1.69. The van der Waals surface area contributed by atoms with E-state index >= 15 is 0 Å². The molecule has 5 nitrogen and oxygen atoms in total. The van der Waals surface area contributed by atoms with Gasteiger partial charge in [-0.3, -0.25) is 9.78 Å². The number of benzene rings is 1. The number of para-hydroxylation sites is 1. The second-order valence-electron chi connectivity index (χ2n) is 5.07. The molecule has 0 aliphatic heterocycles. The van der Waals surface area contributed by atoms with E-state index in [1.807, 2.05) is 44.2 Å². The van der Waals surface area contributed by atoms with E-state index in [2.05, 4.69) is 15.5 Å². The number of amides is 1. The number of fused-ring (bicyclic) bond motifs is 1. The third-order valence-electron chi connectivity index (χ3n) is 3.60. The number of nitrogens with zero attached hydrogens (tertiary/aromatic N) is 2. The summed E-state index contributed by atoms with van der Waals surface area (Å²) < 4.78 is 0. The molecular weight excluding hydrogens is 335 g/mol.